The molecular formula is C17H26N2O3. The Kier molecular flexibility index (Phi) is 4.20. The predicted molar refractivity (Wildman–Crippen MR) is 81.6 cm³/mol. The van der Waals surface area contributed by atoms with Gasteiger partial charge in [0, 0.05) is 31.5 Å². The molecule has 2 saturated carbocycles. The SMILES string of the molecule is CO[C@@H]1CCC[C@@H]1[C@@H]1COCCN1Cc1ncc(C2CC2)o1. The molecule has 1 aromatic rings. The third-order valence-electron chi connectivity index (χ3n) is 5.47. The molecule has 0 aromatic carbocycles. The van der Waals surface area contributed by atoms with E-state index in [2.05, 4.69) is 9.88 Å². The molecule has 0 unspecified atom stereocenters. The fourth-order valence-electron chi connectivity index (χ4n) is 4.06. The molecule has 3 fully saturated rings. The summed E-state index contributed by atoms with van der Waals surface area (Å²) in [4.78, 5) is 6.99. The van der Waals surface area contributed by atoms with Crippen LogP contribution in [0.5, 0.6) is 0 Å². The zero-order valence-electron chi connectivity index (χ0n) is 13.4. The molecule has 122 valence electrons. The van der Waals surface area contributed by atoms with Crippen molar-refractivity contribution in [1.29, 1.82) is 0 Å². The van der Waals surface area contributed by atoms with Crippen molar-refractivity contribution < 1.29 is 13.9 Å². The van der Waals surface area contributed by atoms with Crippen molar-refractivity contribution in [2.75, 3.05) is 26.9 Å². The summed E-state index contributed by atoms with van der Waals surface area (Å²) in [7, 11) is 1.84. The second-order valence-electron chi connectivity index (χ2n) is 6.91. The second-order valence-corrected chi connectivity index (χ2v) is 6.91. The lowest BCUT2D eigenvalue weighted by Gasteiger charge is -2.40. The van der Waals surface area contributed by atoms with Gasteiger partial charge in [0.15, 0.2) is 0 Å². The van der Waals surface area contributed by atoms with Crippen LogP contribution < -0.4 is 0 Å². The summed E-state index contributed by atoms with van der Waals surface area (Å²) in [6, 6.07) is 0.428. The largest absolute Gasteiger partial charge is 0.444 e. The molecule has 0 spiro atoms. The van der Waals surface area contributed by atoms with Crippen LogP contribution in [0.15, 0.2) is 10.6 Å². The van der Waals surface area contributed by atoms with Gasteiger partial charge in [-0.15, -0.1) is 0 Å². The first kappa shape index (κ1) is 14.7. The first-order valence-corrected chi connectivity index (χ1v) is 8.64. The Labute approximate surface area is 132 Å². The van der Waals surface area contributed by atoms with Crippen molar-refractivity contribution in [3.63, 3.8) is 0 Å². The molecular weight excluding hydrogens is 280 g/mol. The smallest absolute Gasteiger partial charge is 0.208 e. The molecule has 2 aliphatic carbocycles. The Balaban J connectivity index is 1.45. The number of morpholine rings is 1. The quantitative estimate of drug-likeness (QED) is 0.837. The number of hydrogen-bond acceptors (Lipinski definition) is 5. The Morgan fingerprint density at radius 3 is 3.05 bits per heavy atom. The molecule has 5 nitrogen and oxygen atoms in total. The van der Waals surface area contributed by atoms with Gasteiger partial charge in [0.25, 0.3) is 0 Å². The third-order valence-corrected chi connectivity index (χ3v) is 5.47. The molecule has 2 heterocycles. The van der Waals surface area contributed by atoms with E-state index in [1.54, 1.807) is 0 Å². The van der Waals surface area contributed by atoms with Crippen molar-refractivity contribution in [3.8, 4) is 0 Å². The maximum absolute atomic E-state index is 5.95. The van der Waals surface area contributed by atoms with Crippen molar-refractivity contribution in [3.05, 3.63) is 17.8 Å². The topological polar surface area (TPSA) is 47.7 Å². The summed E-state index contributed by atoms with van der Waals surface area (Å²) in [5, 5.41) is 0. The van der Waals surface area contributed by atoms with Gasteiger partial charge < -0.3 is 13.9 Å². The average molecular weight is 306 g/mol. The molecule has 0 radical (unpaired) electrons. The van der Waals surface area contributed by atoms with E-state index in [0.29, 0.717) is 24.0 Å². The minimum absolute atomic E-state index is 0.376. The molecule has 4 rings (SSSR count). The van der Waals surface area contributed by atoms with Crippen LogP contribution in [0.3, 0.4) is 0 Å². The van der Waals surface area contributed by atoms with Gasteiger partial charge in [0.2, 0.25) is 5.89 Å². The molecule has 0 amide bonds. The van der Waals surface area contributed by atoms with E-state index in [0.717, 1.165) is 38.0 Å². The van der Waals surface area contributed by atoms with E-state index in [4.69, 9.17) is 13.9 Å². The molecule has 1 saturated heterocycles. The summed E-state index contributed by atoms with van der Waals surface area (Å²) in [5.74, 6) is 3.15. The molecule has 5 heteroatoms. The van der Waals surface area contributed by atoms with Crippen LogP contribution in [0.1, 0.15) is 49.7 Å². The van der Waals surface area contributed by atoms with Crippen LogP contribution >= 0.6 is 0 Å². The number of ether oxygens (including phenoxy) is 2. The van der Waals surface area contributed by atoms with E-state index in [1.807, 2.05) is 13.3 Å². The number of methoxy groups -OCH3 is 1. The lowest BCUT2D eigenvalue weighted by molar-refractivity contribution is -0.0632. The molecule has 1 aliphatic heterocycles. The standard InChI is InChI=1S/C17H26N2O3/c1-20-15-4-2-3-13(15)14-11-21-8-7-19(14)10-17-18-9-16(22-17)12-5-6-12/h9,12-15H,2-8,10-11H2,1H3/t13-,14+,15-/m1/s1. The first-order valence-electron chi connectivity index (χ1n) is 8.64. The van der Waals surface area contributed by atoms with E-state index in [1.165, 1.54) is 32.1 Å². The Morgan fingerprint density at radius 2 is 2.23 bits per heavy atom. The van der Waals surface area contributed by atoms with Gasteiger partial charge in [-0.25, -0.2) is 4.98 Å². The lowest BCUT2D eigenvalue weighted by Crippen LogP contribution is -2.50. The number of aromatic nitrogens is 1. The van der Waals surface area contributed by atoms with Crippen LogP contribution in [0.2, 0.25) is 0 Å². The van der Waals surface area contributed by atoms with E-state index in [9.17, 15) is 0 Å². The molecule has 0 N–H and O–H groups in total. The summed E-state index contributed by atoms with van der Waals surface area (Å²) in [5.41, 5.74) is 0. The lowest BCUT2D eigenvalue weighted by atomic mass is 9.94. The van der Waals surface area contributed by atoms with Crippen molar-refractivity contribution in [1.82, 2.24) is 9.88 Å². The van der Waals surface area contributed by atoms with Crippen LogP contribution in [0.4, 0.5) is 0 Å². The normalized spacial score (nSPS) is 33.4. The number of oxazole rings is 1. The van der Waals surface area contributed by atoms with Crippen LogP contribution in [-0.4, -0.2) is 48.9 Å². The second kappa shape index (κ2) is 6.30. The highest BCUT2D eigenvalue weighted by Crippen LogP contribution is 2.40. The first-order chi connectivity index (χ1) is 10.8. The zero-order valence-corrected chi connectivity index (χ0v) is 13.4. The number of nitrogens with zero attached hydrogens (tertiary/aromatic N) is 2. The van der Waals surface area contributed by atoms with Crippen LogP contribution in [0, 0.1) is 5.92 Å². The third kappa shape index (κ3) is 2.94. The zero-order chi connectivity index (χ0) is 14.9. The fraction of sp³-hybridized carbons (Fsp3) is 0.824. The van der Waals surface area contributed by atoms with Crippen molar-refractivity contribution in [2.24, 2.45) is 5.92 Å². The van der Waals surface area contributed by atoms with Crippen molar-refractivity contribution >= 4 is 0 Å². The van der Waals surface area contributed by atoms with E-state index >= 15 is 0 Å². The number of hydrogen-bond donors (Lipinski definition) is 0. The van der Waals surface area contributed by atoms with Gasteiger partial charge in [-0.05, 0) is 25.7 Å². The Morgan fingerprint density at radius 1 is 1.32 bits per heavy atom. The highest BCUT2D eigenvalue weighted by atomic mass is 16.5. The molecule has 1 aromatic heterocycles. The van der Waals surface area contributed by atoms with E-state index in [-0.39, 0.29) is 0 Å². The number of rotatable bonds is 5. The van der Waals surface area contributed by atoms with Gasteiger partial charge in [-0.3, -0.25) is 4.90 Å². The highest BCUT2D eigenvalue weighted by Gasteiger charge is 2.39. The van der Waals surface area contributed by atoms with Gasteiger partial charge >= 0.3 is 0 Å². The maximum Gasteiger partial charge on any atom is 0.208 e. The minimum atomic E-state index is 0.376. The summed E-state index contributed by atoms with van der Waals surface area (Å²) < 4.78 is 17.4. The molecule has 0 bridgehead atoms. The molecule has 3 aliphatic rings. The Hall–Kier alpha value is -0.910. The monoisotopic (exact) mass is 306 g/mol. The highest BCUT2D eigenvalue weighted by molar-refractivity contribution is 5.08. The van der Waals surface area contributed by atoms with E-state index < -0.39 is 0 Å². The van der Waals surface area contributed by atoms with Gasteiger partial charge in [-0.1, -0.05) is 6.42 Å². The fourth-order valence-corrected chi connectivity index (χ4v) is 4.06. The van der Waals surface area contributed by atoms with Gasteiger partial charge in [-0.2, -0.15) is 0 Å². The molecule has 22 heavy (non-hydrogen) atoms. The maximum atomic E-state index is 5.95. The van der Waals surface area contributed by atoms with Crippen molar-refractivity contribution in [2.45, 2.75) is 56.7 Å². The predicted octanol–water partition coefficient (Wildman–Crippen LogP) is 2.57. The average Bonchev–Trinajstić information content (AvgIpc) is 3.11. The van der Waals surface area contributed by atoms with Crippen LogP contribution in [0.25, 0.3) is 0 Å². The van der Waals surface area contributed by atoms with Gasteiger partial charge in [0.1, 0.15) is 5.76 Å². The minimum Gasteiger partial charge on any atom is -0.444 e. The van der Waals surface area contributed by atoms with Gasteiger partial charge in [0.05, 0.1) is 32.1 Å². The summed E-state index contributed by atoms with van der Waals surface area (Å²) in [6.45, 7) is 3.37. The summed E-state index contributed by atoms with van der Waals surface area (Å²) >= 11 is 0. The Bertz CT molecular complexity index is 500. The van der Waals surface area contributed by atoms with Crippen LogP contribution in [-0.2, 0) is 16.0 Å². The summed E-state index contributed by atoms with van der Waals surface area (Å²) in [6.07, 6.45) is 8.49. The molecule has 3 atom stereocenters.